The molecule has 3 aromatic rings. The number of methoxy groups -OCH3 is 2. The van der Waals surface area contributed by atoms with Crippen LogP contribution in [0.25, 0.3) is 0 Å². The predicted molar refractivity (Wildman–Crippen MR) is 115 cm³/mol. The highest BCUT2D eigenvalue weighted by molar-refractivity contribution is 7.13. The highest BCUT2D eigenvalue weighted by Crippen LogP contribution is 2.49. The molecule has 28 heavy (non-hydrogen) atoms. The Balaban J connectivity index is 1.77. The number of hydrogen-bond donors (Lipinski definition) is 1. The minimum Gasteiger partial charge on any atom is -0.495 e. The van der Waals surface area contributed by atoms with E-state index in [1.807, 2.05) is 28.5 Å². The van der Waals surface area contributed by atoms with Gasteiger partial charge in [-0.3, -0.25) is 4.98 Å². The quantitative estimate of drug-likeness (QED) is 0.592. The molecule has 1 aliphatic heterocycles. The van der Waals surface area contributed by atoms with Crippen molar-refractivity contribution in [1.29, 1.82) is 0 Å². The van der Waals surface area contributed by atoms with Gasteiger partial charge in [0.05, 0.1) is 30.5 Å². The first-order valence-electron chi connectivity index (χ1n) is 8.31. The van der Waals surface area contributed by atoms with Gasteiger partial charge in [0, 0.05) is 24.1 Å². The number of fused-ring (bicyclic) bond motifs is 1. The first-order chi connectivity index (χ1) is 13.6. The number of pyridine rings is 1. The zero-order chi connectivity index (χ0) is 19.7. The lowest BCUT2D eigenvalue weighted by Crippen LogP contribution is -2.28. The van der Waals surface area contributed by atoms with Gasteiger partial charge in [-0.2, -0.15) is 0 Å². The van der Waals surface area contributed by atoms with Gasteiger partial charge in [-0.25, -0.2) is 4.99 Å². The number of ether oxygens (including phenoxy) is 2. The van der Waals surface area contributed by atoms with Crippen LogP contribution in [0.3, 0.4) is 0 Å². The Labute approximate surface area is 176 Å². The van der Waals surface area contributed by atoms with Gasteiger partial charge in [0.25, 0.3) is 0 Å². The fraction of sp³-hybridized carbons (Fsp3) is 0.158. The molecule has 0 atom stereocenters. The van der Waals surface area contributed by atoms with Crippen LogP contribution in [-0.2, 0) is 0 Å². The summed E-state index contributed by atoms with van der Waals surface area (Å²) >= 11 is 14.8. The van der Waals surface area contributed by atoms with E-state index in [0.29, 0.717) is 33.9 Å². The highest BCUT2D eigenvalue weighted by Gasteiger charge is 2.29. The van der Waals surface area contributed by atoms with Crippen LogP contribution in [0.15, 0.2) is 47.0 Å². The molecule has 0 unspecified atom stereocenters. The third-order valence-electron chi connectivity index (χ3n) is 4.28. The summed E-state index contributed by atoms with van der Waals surface area (Å²) in [5, 5.41) is 6.17. The molecule has 0 saturated carbocycles. The topological polar surface area (TPSA) is 59.0 Å². The van der Waals surface area contributed by atoms with Crippen LogP contribution in [0.4, 0.5) is 17.1 Å². The van der Waals surface area contributed by atoms with E-state index in [0.717, 1.165) is 22.1 Å². The summed E-state index contributed by atoms with van der Waals surface area (Å²) in [6.45, 7) is 0.340. The summed E-state index contributed by atoms with van der Waals surface area (Å²) in [4.78, 5) is 11.7. The Morgan fingerprint density at radius 1 is 1.07 bits per heavy atom. The summed E-state index contributed by atoms with van der Waals surface area (Å²) in [6.07, 6.45) is 3.46. The minimum atomic E-state index is 0.340. The Morgan fingerprint density at radius 2 is 1.75 bits per heavy atom. The lowest BCUT2D eigenvalue weighted by molar-refractivity contribution is 0.395. The Bertz CT molecular complexity index is 1010. The Hall–Kier alpha value is -2.48. The molecule has 0 saturated heterocycles. The number of aliphatic imine (C=N–C) groups is 1. The molecule has 1 aliphatic rings. The molecule has 9 heteroatoms. The summed E-state index contributed by atoms with van der Waals surface area (Å²) in [7, 11) is 3.11. The first-order valence-corrected chi connectivity index (χ1v) is 9.94. The smallest absolute Gasteiger partial charge is 0.146 e. The van der Waals surface area contributed by atoms with Gasteiger partial charge in [-0.05, 0) is 23.6 Å². The standard InChI is InChI=1S/C19H16Cl2N4O2S/c1-26-13-9-14(27-2)16(21)17(15(13)20)25-10-23-19(18-12(25)5-8-28-18)24-11-3-6-22-7-4-11/h3-9H,10H2,1-2H3,(H,22,23,24). The van der Waals surface area contributed by atoms with Crippen LogP contribution in [-0.4, -0.2) is 31.7 Å². The largest absolute Gasteiger partial charge is 0.495 e. The van der Waals surface area contributed by atoms with Gasteiger partial charge >= 0.3 is 0 Å². The van der Waals surface area contributed by atoms with Gasteiger partial charge in [0.1, 0.15) is 34.0 Å². The third-order valence-corrected chi connectivity index (χ3v) is 5.92. The van der Waals surface area contributed by atoms with Crippen molar-refractivity contribution in [2.75, 3.05) is 31.1 Å². The molecular formula is C19H16Cl2N4O2S. The van der Waals surface area contributed by atoms with Crippen molar-refractivity contribution in [3.8, 4) is 11.5 Å². The van der Waals surface area contributed by atoms with Crippen molar-refractivity contribution in [2.24, 2.45) is 4.99 Å². The first kappa shape index (κ1) is 18.9. The maximum atomic E-state index is 6.60. The number of anilines is 3. The maximum Gasteiger partial charge on any atom is 0.146 e. The van der Waals surface area contributed by atoms with Crippen LogP contribution in [0.5, 0.6) is 11.5 Å². The number of nitrogens with one attached hydrogen (secondary N) is 1. The summed E-state index contributed by atoms with van der Waals surface area (Å²) < 4.78 is 10.8. The second-order valence-corrected chi connectivity index (χ2v) is 7.50. The molecular weight excluding hydrogens is 419 g/mol. The van der Waals surface area contributed by atoms with E-state index >= 15 is 0 Å². The fourth-order valence-electron chi connectivity index (χ4n) is 2.95. The van der Waals surface area contributed by atoms with Crippen molar-refractivity contribution < 1.29 is 9.47 Å². The van der Waals surface area contributed by atoms with E-state index in [-0.39, 0.29) is 0 Å². The van der Waals surface area contributed by atoms with Crippen LogP contribution in [0, 0.1) is 0 Å². The lowest BCUT2D eigenvalue weighted by Gasteiger charge is -2.30. The third kappa shape index (κ3) is 3.26. The van der Waals surface area contributed by atoms with Crippen LogP contribution >= 0.6 is 34.5 Å². The molecule has 0 aliphatic carbocycles. The normalized spacial score (nSPS) is 13.0. The lowest BCUT2D eigenvalue weighted by atomic mass is 10.2. The van der Waals surface area contributed by atoms with Gasteiger partial charge < -0.3 is 19.7 Å². The van der Waals surface area contributed by atoms with Crippen LogP contribution in [0.1, 0.15) is 4.88 Å². The molecule has 1 aromatic carbocycles. The maximum absolute atomic E-state index is 6.60. The second-order valence-electron chi connectivity index (χ2n) is 5.83. The van der Waals surface area contributed by atoms with Crippen molar-refractivity contribution in [3.05, 3.63) is 57.0 Å². The molecule has 0 amide bonds. The van der Waals surface area contributed by atoms with Crippen molar-refractivity contribution in [3.63, 3.8) is 0 Å². The number of halogens is 2. The molecule has 3 heterocycles. The van der Waals surface area contributed by atoms with Gasteiger partial charge in [0.15, 0.2) is 0 Å². The number of rotatable bonds is 4. The molecule has 0 bridgehead atoms. The number of hydrogen-bond acceptors (Lipinski definition) is 7. The zero-order valence-corrected chi connectivity index (χ0v) is 17.4. The molecule has 1 N–H and O–H groups in total. The van der Waals surface area contributed by atoms with E-state index in [1.165, 1.54) is 0 Å². The van der Waals surface area contributed by atoms with E-state index in [1.54, 1.807) is 44.0 Å². The predicted octanol–water partition coefficient (Wildman–Crippen LogP) is 5.44. The number of amidine groups is 1. The van der Waals surface area contributed by atoms with E-state index < -0.39 is 0 Å². The van der Waals surface area contributed by atoms with Crippen LogP contribution in [0.2, 0.25) is 10.0 Å². The van der Waals surface area contributed by atoms with Crippen molar-refractivity contribution >= 4 is 57.4 Å². The average molecular weight is 435 g/mol. The molecule has 4 rings (SSSR count). The van der Waals surface area contributed by atoms with E-state index in [2.05, 4.69) is 10.3 Å². The van der Waals surface area contributed by atoms with Gasteiger partial charge in [0.2, 0.25) is 0 Å². The van der Waals surface area contributed by atoms with E-state index in [4.69, 9.17) is 37.7 Å². The number of aromatic nitrogens is 1. The highest BCUT2D eigenvalue weighted by atomic mass is 35.5. The molecule has 6 nitrogen and oxygen atoms in total. The second kappa shape index (κ2) is 7.87. The summed E-state index contributed by atoms with van der Waals surface area (Å²) in [5.41, 5.74) is 2.47. The zero-order valence-electron chi connectivity index (χ0n) is 15.1. The summed E-state index contributed by atoms with van der Waals surface area (Å²) in [6, 6.07) is 7.47. The van der Waals surface area contributed by atoms with Gasteiger partial charge in [-0.15, -0.1) is 11.3 Å². The molecule has 0 spiro atoms. The van der Waals surface area contributed by atoms with Crippen molar-refractivity contribution in [2.45, 2.75) is 0 Å². The molecule has 0 radical (unpaired) electrons. The fourth-order valence-corrected chi connectivity index (χ4v) is 4.51. The van der Waals surface area contributed by atoms with Gasteiger partial charge in [-0.1, -0.05) is 23.2 Å². The average Bonchev–Trinajstić information content (AvgIpc) is 3.21. The number of benzene rings is 1. The SMILES string of the molecule is COc1cc(OC)c(Cl)c(N2CN=C(Nc3ccncc3)c3sccc32)c1Cl. The summed E-state index contributed by atoms with van der Waals surface area (Å²) in [5.74, 6) is 1.76. The Morgan fingerprint density at radius 3 is 2.39 bits per heavy atom. The minimum absolute atomic E-state index is 0.340. The van der Waals surface area contributed by atoms with Crippen molar-refractivity contribution in [1.82, 2.24) is 4.98 Å². The molecule has 144 valence electrons. The van der Waals surface area contributed by atoms with Crippen LogP contribution < -0.4 is 19.7 Å². The molecule has 2 aromatic heterocycles. The Kier molecular flexibility index (Phi) is 5.30. The number of thiophene rings is 1. The van der Waals surface area contributed by atoms with E-state index in [9.17, 15) is 0 Å². The number of nitrogens with zero attached hydrogens (tertiary/aromatic N) is 3. The molecule has 0 fully saturated rings. The monoisotopic (exact) mass is 434 g/mol.